The molecule has 1 aromatic rings. The van der Waals surface area contributed by atoms with Crippen LogP contribution in [-0.4, -0.2) is 11.6 Å². The van der Waals surface area contributed by atoms with Gasteiger partial charge in [0.25, 0.3) is 0 Å². The predicted octanol–water partition coefficient (Wildman–Crippen LogP) is 6.20. The van der Waals surface area contributed by atoms with Gasteiger partial charge in [-0.3, -0.25) is 4.79 Å². The number of nitrogens with two attached hydrogens (primary N) is 1. The highest BCUT2D eigenvalue weighted by Gasteiger charge is 2.15. The quantitative estimate of drug-likeness (QED) is 0.455. The molecule has 0 fully saturated rings. The van der Waals surface area contributed by atoms with Gasteiger partial charge in [-0.25, -0.2) is 0 Å². The van der Waals surface area contributed by atoms with E-state index in [1.165, 1.54) is 31.7 Å². The third-order valence-corrected chi connectivity index (χ3v) is 4.45. The Kier molecular flexibility index (Phi) is 11.5. The Morgan fingerprint density at radius 2 is 1.85 bits per heavy atom. The molecule has 0 aromatic heterocycles. The average Bonchev–Trinajstić information content (AvgIpc) is 2.57. The maximum absolute atomic E-state index is 10.2. The summed E-state index contributed by atoms with van der Waals surface area (Å²) in [6.45, 7) is 13.7. The van der Waals surface area contributed by atoms with Crippen LogP contribution in [0.3, 0.4) is 0 Å². The topological polar surface area (TPSA) is 76.1 Å². The van der Waals surface area contributed by atoms with Crippen molar-refractivity contribution in [3.05, 3.63) is 29.3 Å². The molecule has 0 bridgehead atoms. The van der Waals surface area contributed by atoms with Crippen molar-refractivity contribution < 1.29 is 9.53 Å². The molecule has 0 radical (unpaired) electrons. The highest BCUT2D eigenvalue weighted by atomic mass is 16.6. The normalized spacial score (nSPS) is 13.0. The zero-order valence-corrected chi connectivity index (χ0v) is 18.3. The van der Waals surface area contributed by atoms with Crippen LogP contribution in [0.5, 0.6) is 0 Å². The minimum atomic E-state index is -0.328. The van der Waals surface area contributed by atoms with E-state index in [0.717, 1.165) is 24.4 Å². The number of nitrogen functional groups attached to an aromatic ring is 1. The molecule has 4 heteroatoms. The van der Waals surface area contributed by atoms with E-state index < -0.39 is 0 Å². The van der Waals surface area contributed by atoms with Gasteiger partial charge in [0, 0.05) is 12.6 Å². The number of ether oxygens (including phenoxy) is 1. The van der Waals surface area contributed by atoms with Crippen molar-refractivity contribution in [2.24, 2.45) is 5.92 Å². The zero-order valence-electron chi connectivity index (χ0n) is 18.3. The van der Waals surface area contributed by atoms with E-state index in [0.29, 0.717) is 11.5 Å². The van der Waals surface area contributed by atoms with Crippen molar-refractivity contribution in [2.75, 3.05) is 5.73 Å². The lowest BCUT2D eigenvalue weighted by Crippen LogP contribution is -2.21. The van der Waals surface area contributed by atoms with Crippen molar-refractivity contribution in [2.45, 2.75) is 92.1 Å². The first-order valence-corrected chi connectivity index (χ1v) is 10.0. The van der Waals surface area contributed by atoms with Gasteiger partial charge in [-0.15, -0.1) is 0 Å². The number of nitriles is 1. The second-order valence-corrected chi connectivity index (χ2v) is 8.24. The molecule has 4 nitrogen and oxygen atoms in total. The number of hydrogen-bond donors (Lipinski definition) is 1. The molecule has 0 aliphatic heterocycles. The maximum atomic E-state index is 10.2. The monoisotopic (exact) mass is 374 g/mol. The summed E-state index contributed by atoms with van der Waals surface area (Å²) in [6, 6.07) is 7.87. The first kappa shape index (κ1) is 25.0. The first-order valence-electron chi connectivity index (χ1n) is 10.0. The lowest BCUT2D eigenvalue weighted by atomic mass is 9.85. The standard InChI is InChI=1S/C17H26N2.C6H12O2/c1-4-6-15(9-7-13(3)5-2)16-11-14(12-18)8-10-17(16)19;1-5(7)8-6(2,3)4/h8,10-11,13,15H,4-7,9,19H2,1-3H3;1-4H3. The summed E-state index contributed by atoms with van der Waals surface area (Å²) in [4.78, 5) is 10.2. The molecule has 27 heavy (non-hydrogen) atoms. The van der Waals surface area contributed by atoms with Crippen LogP contribution >= 0.6 is 0 Å². The first-order chi connectivity index (χ1) is 12.5. The fourth-order valence-electron chi connectivity index (χ4n) is 2.92. The van der Waals surface area contributed by atoms with Crippen molar-refractivity contribution in [1.29, 1.82) is 5.26 Å². The van der Waals surface area contributed by atoms with Crippen molar-refractivity contribution >= 4 is 11.7 Å². The number of esters is 1. The van der Waals surface area contributed by atoms with Gasteiger partial charge < -0.3 is 10.5 Å². The van der Waals surface area contributed by atoms with E-state index in [1.54, 1.807) is 6.07 Å². The highest BCUT2D eigenvalue weighted by molar-refractivity contribution is 5.66. The minimum Gasteiger partial charge on any atom is -0.460 e. The molecule has 2 atom stereocenters. The summed E-state index contributed by atoms with van der Waals surface area (Å²) in [7, 11) is 0. The van der Waals surface area contributed by atoms with E-state index in [9.17, 15) is 4.79 Å². The summed E-state index contributed by atoms with van der Waals surface area (Å²) < 4.78 is 4.80. The van der Waals surface area contributed by atoms with Gasteiger partial charge in [0.2, 0.25) is 0 Å². The van der Waals surface area contributed by atoms with Gasteiger partial charge in [-0.05, 0) is 69.2 Å². The maximum Gasteiger partial charge on any atom is 0.303 e. The molecule has 2 N–H and O–H groups in total. The molecule has 1 aromatic carbocycles. The number of benzene rings is 1. The summed E-state index contributed by atoms with van der Waals surface area (Å²) in [6.07, 6.45) is 5.93. The molecular weight excluding hydrogens is 336 g/mol. The summed E-state index contributed by atoms with van der Waals surface area (Å²) in [5, 5.41) is 9.03. The van der Waals surface area contributed by atoms with E-state index in [-0.39, 0.29) is 11.6 Å². The Bertz CT molecular complexity index is 612. The summed E-state index contributed by atoms with van der Waals surface area (Å²) >= 11 is 0. The van der Waals surface area contributed by atoms with Crippen molar-refractivity contribution in [3.8, 4) is 6.07 Å². The third kappa shape index (κ3) is 11.3. The Labute approximate surface area is 166 Å². The Hall–Kier alpha value is -2.02. The van der Waals surface area contributed by atoms with Crippen LogP contribution in [0.1, 0.15) is 97.6 Å². The second kappa shape index (κ2) is 12.4. The number of rotatable bonds is 7. The van der Waals surface area contributed by atoms with E-state index in [4.69, 9.17) is 15.7 Å². The largest absolute Gasteiger partial charge is 0.460 e. The van der Waals surface area contributed by atoms with Crippen molar-refractivity contribution in [1.82, 2.24) is 0 Å². The lowest BCUT2D eigenvalue weighted by molar-refractivity contribution is -0.151. The third-order valence-electron chi connectivity index (χ3n) is 4.45. The predicted molar refractivity (Wildman–Crippen MR) is 113 cm³/mol. The van der Waals surface area contributed by atoms with Crippen LogP contribution in [0, 0.1) is 17.2 Å². The van der Waals surface area contributed by atoms with Gasteiger partial charge in [0.15, 0.2) is 0 Å². The van der Waals surface area contributed by atoms with Crippen LogP contribution in [0.25, 0.3) is 0 Å². The van der Waals surface area contributed by atoms with Gasteiger partial charge in [-0.2, -0.15) is 5.26 Å². The number of carbonyl (C=O) groups excluding carboxylic acids is 1. The average molecular weight is 375 g/mol. The van der Waals surface area contributed by atoms with Gasteiger partial charge in [-0.1, -0.05) is 40.0 Å². The number of hydrogen-bond acceptors (Lipinski definition) is 4. The van der Waals surface area contributed by atoms with Crippen LogP contribution in [0.2, 0.25) is 0 Å². The smallest absolute Gasteiger partial charge is 0.303 e. The number of anilines is 1. The fourth-order valence-corrected chi connectivity index (χ4v) is 2.92. The number of carbonyl (C=O) groups is 1. The molecule has 152 valence electrons. The molecule has 0 aliphatic rings. The fraction of sp³-hybridized carbons (Fsp3) is 0.652. The highest BCUT2D eigenvalue weighted by Crippen LogP contribution is 2.32. The molecule has 1 rings (SSSR count). The summed E-state index contributed by atoms with van der Waals surface area (Å²) in [5.41, 5.74) is 8.50. The van der Waals surface area contributed by atoms with Gasteiger partial charge >= 0.3 is 5.97 Å². The zero-order chi connectivity index (χ0) is 21.0. The molecule has 0 heterocycles. The molecule has 0 saturated heterocycles. The van der Waals surface area contributed by atoms with Crippen LogP contribution in [0.15, 0.2) is 18.2 Å². The Balaban J connectivity index is 0.000000713. The molecule has 0 amide bonds. The molecule has 0 saturated carbocycles. The van der Waals surface area contributed by atoms with E-state index in [1.807, 2.05) is 32.9 Å². The van der Waals surface area contributed by atoms with Crippen LogP contribution in [-0.2, 0) is 9.53 Å². The lowest BCUT2D eigenvalue weighted by Gasteiger charge is -2.20. The Morgan fingerprint density at radius 1 is 1.22 bits per heavy atom. The SMILES string of the molecule is CC(=O)OC(C)(C)C.CCCC(CCC(C)CC)c1cc(C#N)ccc1N. The number of nitrogens with zero attached hydrogens (tertiary/aromatic N) is 1. The van der Waals surface area contributed by atoms with Crippen LogP contribution in [0.4, 0.5) is 5.69 Å². The van der Waals surface area contributed by atoms with E-state index in [2.05, 4.69) is 26.8 Å². The minimum absolute atomic E-state index is 0.225. The van der Waals surface area contributed by atoms with Gasteiger partial charge in [0.1, 0.15) is 5.60 Å². The Morgan fingerprint density at radius 3 is 2.26 bits per heavy atom. The van der Waals surface area contributed by atoms with E-state index >= 15 is 0 Å². The molecule has 0 spiro atoms. The van der Waals surface area contributed by atoms with Gasteiger partial charge in [0.05, 0.1) is 11.6 Å². The molecule has 2 unspecified atom stereocenters. The second-order valence-electron chi connectivity index (χ2n) is 8.24. The van der Waals surface area contributed by atoms with Crippen LogP contribution < -0.4 is 5.73 Å². The van der Waals surface area contributed by atoms with Crippen molar-refractivity contribution in [3.63, 3.8) is 0 Å². The molecular formula is C23H38N2O2. The molecule has 0 aliphatic carbocycles. The summed E-state index contributed by atoms with van der Waals surface area (Å²) in [5.74, 6) is 1.03.